The van der Waals surface area contributed by atoms with Crippen molar-refractivity contribution < 1.29 is 23.0 Å². The zero-order valence-electron chi connectivity index (χ0n) is 21.4. The smallest absolute Gasteiger partial charge is 0.393 e. The van der Waals surface area contributed by atoms with Crippen molar-refractivity contribution >= 4 is 38.7 Å². The number of aromatic nitrogens is 3. The highest BCUT2D eigenvalue weighted by Gasteiger charge is 2.37. The molecule has 1 aromatic carbocycles. The molecular weight excluding hydrogens is 529 g/mol. The fraction of sp³-hybridized carbons (Fsp3) is 0.370. The number of benzene rings is 1. The van der Waals surface area contributed by atoms with Gasteiger partial charge < -0.3 is 25.4 Å². The van der Waals surface area contributed by atoms with Crippen molar-refractivity contribution in [2.75, 3.05) is 24.4 Å². The van der Waals surface area contributed by atoms with Crippen molar-refractivity contribution in [2.45, 2.75) is 50.2 Å². The summed E-state index contributed by atoms with van der Waals surface area (Å²) >= 11 is 0.975. The number of fused-ring (bicyclic) bond motifs is 1. The molecule has 0 bridgehead atoms. The van der Waals surface area contributed by atoms with Crippen LogP contribution >= 0.6 is 11.3 Å². The summed E-state index contributed by atoms with van der Waals surface area (Å²) in [6.07, 6.45) is -1.33. The highest BCUT2D eigenvalue weighted by Crippen LogP contribution is 2.37. The molecule has 0 radical (unpaired) electrons. The minimum Gasteiger partial charge on any atom is -0.467 e. The normalized spacial score (nSPS) is 19.4. The van der Waals surface area contributed by atoms with Crippen LogP contribution in [0.5, 0.6) is 6.01 Å². The van der Waals surface area contributed by atoms with Crippen LogP contribution in [0.1, 0.15) is 23.3 Å². The highest BCUT2D eigenvalue weighted by atomic mass is 32.1. The van der Waals surface area contributed by atoms with Crippen LogP contribution in [0.15, 0.2) is 54.9 Å². The van der Waals surface area contributed by atoms with E-state index in [0.717, 1.165) is 28.3 Å². The number of nitrogens with zero attached hydrogens (tertiary/aromatic N) is 4. The quantitative estimate of drug-likeness (QED) is 0.262. The van der Waals surface area contributed by atoms with Crippen LogP contribution in [-0.4, -0.2) is 58.6 Å². The Hall–Kier alpha value is -3.48. The van der Waals surface area contributed by atoms with Gasteiger partial charge >= 0.3 is 12.2 Å². The molecule has 1 fully saturated rings. The summed E-state index contributed by atoms with van der Waals surface area (Å²) in [6.45, 7) is 0.618. The first-order chi connectivity index (χ1) is 18.7. The van der Waals surface area contributed by atoms with Crippen molar-refractivity contribution in [1.82, 2.24) is 20.3 Å². The Balaban J connectivity index is 1.27. The first-order valence-corrected chi connectivity index (χ1v) is 13.3. The molecule has 12 heteroatoms. The molecule has 4 aromatic rings. The van der Waals surface area contributed by atoms with E-state index in [1.54, 1.807) is 19.4 Å². The lowest BCUT2D eigenvalue weighted by molar-refractivity contribution is -0.126. The highest BCUT2D eigenvalue weighted by molar-refractivity contribution is 7.18. The molecular formula is C27H29F3N6O2S. The van der Waals surface area contributed by atoms with E-state index in [2.05, 4.69) is 31.7 Å². The molecule has 0 unspecified atom stereocenters. The van der Waals surface area contributed by atoms with Gasteiger partial charge in [-0.3, -0.25) is 4.98 Å². The number of likely N-dealkylation sites (N-methyl/N-ethyl adjacent to an activating group) is 1. The van der Waals surface area contributed by atoms with E-state index in [0.29, 0.717) is 35.4 Å². The number of halogens is 3. The number of rotatable bonds is 9. The monoisotopic (exact) mass is 558 g/mol. The topological polar surface area (TPSA) is 95.4 Å². The lowest BCUT2D eigenvalue weighted by Crippen LogP contribution is -2.38. The van der Waals surface area contributed by atoms with E-state index in [1.807, 2.05) is 35.2 Å². The van der Waals surface area contributed by atoms with Gasteiger partial charge in [-0.05, 0) is 48.7 Å². The maximum absolute atomic E-state index is 13.0. The van der Waals surface area contributed by atoms with Gasteiger partial charge in [-0.25, -0.2) is 0 Å². The summed E-state index contributed by atoms with van der Waals surface area (Å²) in [5.41, 5.74) is 2.95. The second kappa shape index (κ2) is 11.3. The van der Waals surface area contributed by atoms with Gasteiger partial charge in [0.2, 0.25) is 0 Å². The zero-order valence-corrected chi connectivity index (χ0v) is 22.3. The minimum absolute atomic E-state index is 0.0462. The molecule has 3 atom stereocenters. The van der Waals surface area contributed by atoms with Gasteiger partial charge in [-0.2, -0.15) is 23.1 Å². The summed E-state index contributed by atoms with van der Waals surface area (Å²) in [5, 5.41) is 18.3. The molecule has 5 rings (SSSR count). The summed E-state index contributed by atoms with van der Waals surface area (Å²) < 4.78 is 44.3. The van der Waals surface area contributed by atoms with Gasteiger partial charge in [0.25, 0.3) is 0 Å². The first-order valence-electron chi connectivity index (χ1n) is 12.5. The maximum Gasteiger partial charge on any atom is 0.393 e. The van der Waals surface area contributed by atoms with E-state index in [9.17, 15) is 18.3 Å². The first kappa shape index (κ1) is 27.1. The van der Waals surface area contributed by atoms with Crippen molar-refractivity contribution in [2.24, 2.45) is 0 Å². The second-order valence-corrected chi connectivity index (χ2v) is 10.7. The third-order valence-electron chi connectivity index (χ3n) is 6.76. The molecule has 0 spiro atoms. The van der Waals surface area contributed by atoms with Crippen LogP contribution < -0.4 is 20.3 Å². The SMILES string of the molecule is COc1nc(N(C)[C@H]2C[C@@H](NCc3cccc(Nc4cccnc4)c3)C[C@H]2O)c2cc(CC(F)(F)F)sc2n1. The number of hydrogen-bond acceptors (Lipinski definition) is 9. The van der Waals surface area contributed by atoms with E-state index in [4.69, 9.17) is 4.74 Å². The Morgan fingerprint density at radius 1 is 1.13 bits per heavy atom. The summed E-state index contributed by atoms with van der Waals surface area (Å²) in [6, 6.07) is 13.2. The van der Waals surface area contributed by atoms with Crippen LogP contribution in [0.3, 0.4) is 0 Å². The molecule has 0 amide bonds. The fourth-order valence-electron chi connectivity index (χ4n) is 4.94. The zero-order chi connectivity index (χ0) is 27.6. The number of nitrogens with one attached hydrogen (secondary N) is 2. The summed E-state index contributed by atoms with van der Waals surface area (Å²) in [4.78, 5) is 15.2. The van der Waals surface area contributed by atoms with Crippen LogP contribution in [0.4, 0.5) is 30.4 Å². The Morgan fingerprint density at radius 2 is 1.95 bits per heavy atom. The molecule has 3 heterocycles. The fourth-order valence-corrected chi connectivity index (χ4v) is 5.98. The number of aliphatic hydroxyl groups is 1. The number of ether oxygens (including phenoxy) is 1. The molecule has 0 aliphatic heterocycles. The predicted molar refractivity (Wildman–Crippen MR) is 146 cm³/mol. The van der Waals surface area contributed by atoms with E-state index in [-0.39, 0.29) is 23.0 Å². The third-order valence-corrected chi connectivity index (χ3v) is 7.79. The van der Waals surface area contributed by atoms with E-state index >= 15 is 0 Å². The van der Waals surface area contributed by atoms with Gasteiger partial charge in [-0.1, -0.05) is 12.1 Å². The van der Waals surface area contributed by atoms with Crippen molar-refractivity contribution in [3.63, 3.8) is 0 Å². The molecule has 39 heavy (non-hydrogen) atoms. The Labute approximate surface area is 227 Å². The number of aliphatic hydroxyl groups excluding tert-OH is 1. The summed E-state index contributed by atoms with van der Waals surface area (Å²) in [5.74, 6) is 0.445. The van der Waals surface area contributed by atoms with Crippen LogP contribution in [0, 0.1) is 0 Å². The van der Waals surface area contributed by atoms with Crippen molar-refractivity contribution in [3.05, 3.63) is 65.3 Å². The second-order valence-electron chi connectivity index (χ2n) is 9.62. The van der Waals surface area contributed by atoms with Gasteiger partial charge in [-0.15, -0.1) is 11.3 Å². The Morgan fingerprint density at radius 3 is 2.69 bits per heavy atom. The number of hydrogen-bond donors (Lipinski definition) is 3. The van der Waals surface area contributed by atoms with E-state index in [1.165, 1.54) is 13.2 Å². The number of thiophene rings is 1. The lowest BCUT2D eigenvalue weighted by Gasteiger charge is -2.28. The number of alkyl halides is 3. The Kier molecular flexibility index (Phi) is 7.87. The predicted octanol–water partition coefficient (Wildman–Crippen LogP) is 5.06. The van der Waals surface area contributed by atoms with Gasteiger partial charge in [0.15, 0.2) is 0 Å². The van der Waals surface area contributed by atoms with Gasteiger partial charge in [0.1, 0.15) is 10.6 Å². The van der Waals surface area contributed by atoms with Gasteiger partial charge in [0.05, 0.1) is 42.9 Å². The lowest BCUT2D eigenvalue weighted by atomic mass is 10.1. The molecule has 8 nitrogen and oxygen atoms in total. The van der Waals surface area contributed by atoms with Crippen molar-refractivity contribution in [1.29, 1.82) is 0 Å². The number of anilines is 3. The molecule has 3 N–H and O–H groups in total. The standard InChI is InChI=1S/C27H29F3N6O2S/c1-36(24-21-12-20(13-27(28,29)30)39-25(21)35-26(34-24)38-2)22-10-19(11-23(22)37)32-14-16-5-3-6-17(9-16)33-18-7-4-8-31-15-18/h3-9,12,15,19,22-23,32-33,37H,10-11,13-14H2,1-2H3/t19-,22+,23-/m1/s1. The molecule has 1 aliphatic rings. The number of pyridine rings is 1. The average Bonchev–Trinajstić information content (AvgIpc) is 3.48. The minimum atomic E-state index is -4.32. The maximum atomic E-state index is 13.0. The summed E-state index contributed by atoms with van der Waals surface area (Å²) in [7, 11) is 3.22. The van der Waals surface area contributed by atoms with Gasteiger partial charge in [0, 0.05) is 36.4 Å². The third kappa shape index (κ3) is 6.57. The average molecular weight is 559 g/mol. The molecule has 1 saturated carbocycles. The van der Waals surface area contributed by atoms with Crippen molar-refractivity contribution in [3.8, 4) is 6.01 Å². The van der Waals surface area contributed by atoms with Crippen LogP contribution in [0.25, 0.3) is 10.2 Å². The largest absolute Gasteiger partial charge is 0.467 e. The van der Waals surface area contributed by atoms with Crippen LogP contribution in [-0.2, 0) is 13.0 Å². The molecule has 1 aliphatic carbocycles. The number of methoxy groups -OCH3 is 1. The van der Waals surface area contributed by atoms with E-state index < -0.39 is 18.7 Å². The Bertz CT molecular complexity index is 1420. The van der Waals surface area contributed by atoms with Crippen LogP contribution in [0.2, 0.25) is 0 Å². The molecule has 206 valence electrons. The molecule has 0 saturated heterocycles. The molecule has 3 aromatic heterocycles.